The molecule has 2 rings (SSSR count). The number of nitrogens with zero attached hydrogens (tertiary/aromatic N) is 4. The topological polar surface area (TPSA) is 80.5 Å². The first kappa shape index (κ1) is 14.8. The summed E-state index contributed by atoms with van der Waals surface area (Å²) in [5.41, 5.74) is 8.87. The van der Waals surface area contributed by atoms with Gasteiger partial charge in [0.15, 0.2) is 0 Å². The molecule has 2 aromatic rings. The van der Waals surface area contributed by atoms with E-state index in [0.29, 0.717) is 12.2 Å². The van der Waals surface area contributed by atoms with Gasteiger partial charge in [0.05, 0.1) is 18.3 Å². The van der Waals surface area contributed by atoms with Crippen LogP contribution in [0.4, 0.5) is 5.82 Å². The van der Waals surface area contributed by atoms with E-state index in [0.717, 1.165) is 23.1 Å². The number of hydrogen-bond donors (Lipinski definition) is 1. The van der Waals surface area contributed by atoms with Gasteiger partial charge in [-0.1, -0.05) is 12.2 Å². The summed E-state index contributed by atoms with van der Waals surface area (Å²) >= 11 is 0. The van der Waals surface area contributed by atoms with Crippen LogP contribution in [0, 0.1) is 11.3 Å². The van der Waals surface area contributed by atoms with Gasteiger partial charge in [0.25, 0.3) is 0 Å². The molecule has 0 saturated carbocycles. The van der Waals surface area contributed by atoms with E-state index >= 15 is 0 Å². The fraction of sp³-hybridized carbons (Fsp3) is 0.312. The maximum Gasteiger partial charge on any atom is 0.131 e. The van der Waals surface area contributed by atoms with Crippen LogP contribution in [0.2, 0.25) is 0 Å². The van der Waals surface area contributed by atoms with E-state index in [9.17, 15) is 0 Å². The van der Waals surface area contributed by atoms with Crippen molar-refractivity contribution in [3.05, 3.63) is 36.3 Å². The third-order valence-electron chi connectivity index (χ3n) is 3.39. The van der Waals surface area contributed by atoms with E-state index in [1.807, 2.05) is 42.2 Å². The average Bonchev–Trinajstić information content (AvgIpc) is 2.97. The molecule has 0 fully saturated rings. The number of nitrogen functional groups attached to an aromatic ring is 1. The number of allylic oxidation sites excluding steroid dienone is 1. The van der Waals surface area contributed by atoms with Gasteiger partial charge in [0.2, 0.25) is 0 Å². The highest BCUT2D eigenvalue weighted by Crippen LogP contribution is 2.28. The van der Waals surface area contributed by atoms with Gasteiger partial charge >= 0.3 is 0 Å². The van der Waals surface area contributed by atoms with Crippen LogP contribution in [-0.4, -0.2) is 14.8 Å². The van der Waals surface area contributed by atoms with Gasteiger partial charge in [0, 0.05) is 29.9 Å². The monoisotopic (exact) mass is 281 g/mol. The maximum atomic E-state index is 8.66. The summed E-state index contributed by atoms with van der Waals surface area (Å²) in [6.45, 7) is 4.01. The average molecular weight is 281 g/mol. The molecule has 0 aliphatic heterocycles. The SMILES string of the molecule is C/C=C\c1c(-c2cnn(C(C)CCC#N)c2)ccnc1N. The molecule has 0 saturated heterocycles. The number of anilines is 1. The highest BCUT2D eigenvalue weighted by molar-refractivity contribution is 5.79. The van der Waals surface area contributed by atoms with Crippen LogP contribution in [0.15, 0.2) is 30.7 Å². The first-order chi connectivity index (χ1) is 10.2. The normalized spacial score (nSPS) is 12.4. The lowest BCUT2D eigenvalue weighted by molar-refractivity contribution is 0.465. The van der Waals surface area contributed by atoms with Crippen molar-refractivity contribution in [3.63, 3.8) is 0 Å². The fourth-order valence-electron chi connectivity index (χ4n) is 2.21. The first-order valence-electron chi connectivity index (χ1n) is 6.96. The molecule has 0 aliphatic carbocycles. The predicted octanol–water partition coefficient (Wildman–Crippen LogP) is 3.43. The van der Waals surface area contributed by atoms with Crippen molar-refractivity contribution in [2.75, 3.05) is 5.73 Å². The smallest absolute Gasteiger partial charge is 0.131 e. The zero-order valence-corrected chi connectivity index (χ0v) is 12.3. The summed E-state index contributed by atoms with van der Waals surface area (Å²) in [7, 11) is 0. The van der Waals surface area contributed by atoms with Crippen LogP contribution in [-0.2, 0) is 0 Å². The minimum atomic E-state index is 0.197. The van der Waals surface area contributed by atoms with Crippen molar-refractivity contribution in [2.24, 2.45) is 0 Å². The molecule has 0 bridgehead atoms. The molecule has 0 aromatic carbocycles. The van der Waals surface area contributed by atoms with E-state index in [2.05, 4.69) is 23.1 Å². The molecule has 0 aliphatic rings. The van der Waals surface area contributed by atoms with E-state index < -0.39 is 0 Å². The fourth-order valence-corrected chi connectivity index (χ4v) is 2.21. The van der Waals surface area contributed by atoms with Gasteiger partial charge in [-0.3, -0.25) is 4.68 Å². The first-order valence-corrected chi connectivity index (χ1v) is 6.96. The van der Waals surface area contributed by atoms with Gasteiger partial charge in [-0.05, 0) is 31.9 Å². The Kier molecular flexibility index (Phi) is 4.72. The van der Waals surface area contributed by atoms with Crippen LogP contribution < -0.4 is 5.73 Å². The Morgan fingerprint density at radius 3 is 3.05 bits per heavy atom. The van der Waals surface area contributed by atoms with Crippen molar-refractivity contribution in [1.82, 2.24) is 14.8 Å². The molecule has 5 nitrogen and oxygen atoms in total. The Morgan fingerprint density at radius 2 is 2.33 bits per heavy atom. The van der Waals surface area contributed by atoms with Crippen molar-refractivity contribution < 1.29 is 0 Å². The number of pyridine rings is 1. The highest BCUT2D eigenvalue weighted by Gasteiger charge is 2.11. The summed E-state index contributed by atoms with van der Waals surface area (Å²) in [4.78, 5) is 4.13. The van der Waals surface area contributed by atoms with Crippen molar-refractivity contribution in [3.8, 4) is 17.2 Å². The lowest BCUT2D eigenvalue weighted by atomic mass is 10.0. The van der Waals surface area contributed by atoms with E-state index in [1.54, 1.807) is 6.20 Å². The molecule has 2 N–H and O–H groups in total. The maximum absolute atomic E-state index is 8.66. The van der Waals surface area contributed by atoms with Crippen LogP contribution in [0.3, 0.4) is 0 Å². The largest absolute Gasteiger partial charge is 0.383 e. The molecule has 2 aromatic heterocycles. The molecule has 5 heteroatoms. The van der Waals surface area contributed by atoms with Crippen LogP contribution in [0.5, 0.6) is 0 Å². The van der Waals surface area contributed by atoms with Gasteiger partial charge in [-0.2, -0.15) is 10.4 Å². The zero-order chi connectivity index (χ0) is 15.2. The van der Waals surface area contributed by atoms with Gasteiger partial charge in [0.1, 0.15) is 5.82 Å². The minimum absolute atomic E-state index is 0.197. The molecular weight excluding hydrogens is 262 g/mol. The molecule has 2 heterocycles. The number of rotatable bonds is 5. The summed E-state index contributed by atoms with van der Waals surface area (Å²) in [5.74, 6) is 0.510. The molecule has 1 atom stereocenters. The second-order valence-corrected chi connectivity index (χ2v) is 4.91. The van der Waals surface area contributed by atoms with E-state index in [-0.39, 0.29) is 6.04 Å². The Balaban J connectivity index is 2.34. The van der Waals surface area contributed by atoms with E-state index in [1.165, 1.54) is 0 Å². The summed E-state index contributed by atoms with van der Waals surface area (Å²) < 4.78 is 1.89. The molecule has 0 radical (unpaired) electrons. The van der Waals surface area contributed by atoms with Crippen LogP contribution >= 0.6 is 0 Å². The second-order valence-electron chi connectivity index (χ2n) is 4.91. The Morgan fingerprint density at radius 1 is 1.52 bits per heavy atom. The Hall–Kier alpha value is -2.61. The molecular formula is C16H19N5. The second kappa shape index (κ2) is 6.71. The Labute approximate surface area is 124 Å². The lowest BCUT2D eigenvalue weighted by Crippen LogP contribution is -2.04. The summed E-state index contributed by atoms with van der Waals surface area (Å²) in [5, 5.41) is 13.1. The molecule has 108 valence electrons. The number of aromatic nitrogens is 3. The van der Waals surface area contributed by atoms with Crippen LogP contribution in [0.1, 0.15) is 38.3 Å². The van der Waals surface area contributed by atoms with Crippen molar-refractivity contribution in [2.45, 2.75) is 32.7 Å². The molecule has 0 amide bonds. The number of nitrogens with two attached hydrogens (primary N) is 1. The minimum Gasteiger partial charge on any atom is -0.383 e. The Bertz CT molecular complexity index is 678. The summed E-state index contributed by atoms with van der Waals surface area (Å²) in [6.07, 6.45) is 10.7. The highest BCUT2D eigenvalue weighted by atomic mass is 15.3. The lowest BCUT2D eigenvalue weighted by Gasteiger charge is -2.09. The standard InChI is InChI=1S/C16H19N5/c1-3-5-15-14(7-9-19-16(15)18)13-10-20-21(11-13)12(2)6-4-8-17/h3,5,7,9-12H,4,6H2,1-2H3,(H2,18,19)/b5-3-. The zero-order valence-electron chi connectivity index (χ0n) is 12.3. The third-order valence-corrected chi connectivity index (χ3v) is 3.39. The van der Waals surface area contributed by atoms with Gasteiger partial charge in [-0.25, -0.2) is 4.98 Å². The summed E-state index contributed by atoms with van der Waals surface area (Å²) in [6, 6.07) is 4.30. The molecule has 0 spiro atoms. The number of hydrogen-bond acceptors (Lipinski definition) is 4. The van der Waals surface area contributed by atoms with E-state index in [4.69, 9.17) is 11.0 Å². The number of nitriles is 1. The van der Waals surface area contributed by atoms with Crippen LogP contribution in [0.25, 0.3) is 17.2 Å². The van der Waals surface area contributed by atoms with Gasteiger partial charge in [-0.15, -0.1) is 0 Å². The quantitative estimate of drug-likeness (QED) is 0.910. The van der Waals surface area contributed by atoms with Crippen molar-refractivity contribution >= 4 is 11.9 Å². The predicted molar refractivity (Wildman–Crippen MR) is 84.1 cm³/mol. The third kappa shape index (κ3) is 3.29. The molecule has 1 unspecified atom stereocenters. The van der Waals surface area contributed by atoms with Gasteiger partial charge < -0.3 is 5.73 Å². The van der Waals surface area contributed by atoms with Crippen molar-refractivity contribution in [1.29, 1.82) is 5.26 Å². The molecule has 21 heavy (non-hydrogen) atoms.